The molecule has 1 aromatic heterocycles. The van der Waals surface area contributed by atoms with Crippen LogP contribution in [-0.4, -0.2) is 127 Å². The number of aliphatic hydroxyl groups excluding tert-OH is 1. The van der Waals surface area contributed by atoms with Crippen molar-refractivity contribution in [2.24, 2.45) is 16.9 Å². The van der Waals surface area contributed by atoms with Gasteiger partial charge in [0.05, 0.1) is 30.3 Å². The summed E-state index contributed by atoms with van der Waals surface area (Å²) >= 11 is 0.663. The zero-order valence-electron chi connectivity index (χ0n) is 33.7. The van der Waals surface area contributed by atoms with Crippen LogP contribution >= 0.6 is 11.8 Å². The number of nitrogens with two attached hydrogens (primary N) is 2. The van der Waals surface area contributed by atoms with Crippen molar-refractivity contribution in [3.63, 3.8) is 0 Å². The number of rotatable bonds is 23. The number of aromatic nitrogens is 1. The Hall–Kier alpha value is -5.90. The van der Waals surface area contributed by atoms with Crippen molar-refractivity contribution >= 4 is 53.3 Å². The van der Waals surface area contributed by atoms with Crippen LogP contribution in [0.1, 0.15) is 50.9 Å². The number of carbonyl (C=O) groups excluding carboxylic acids is 4. The minimum absolute atomic E-state index is 0.0209. The Bertz CT molecular complexity index is 2050. The van der Waals surface area contributed by atoms with E-state index in [1.165, 1.54) is 4.90 Å². The number of carboxylic acids is 3. The molecule has 3 aromatic rings. The minimum Gasteiger partial charge on any atom is -0.481 e. The van der Waals surface area contributed by atoms with Gasteiger partial charge in [-0.25, -0.2) is 13.6 Å². The first-order valence-corrected chi connectivity index (χ1v) is 19.9. The van der Waals surface area contributed by atoms with Crippen molar-refractivity contribution in [1.82, 2.24) is 25.4 Å². The van der Waals surface area contributed by atoms with Gasteiger partial charge in [-0.2, -0.15) is 0 Å². The number of aliphatic hydroxyl groups is 1. The first-order valence-electron chi connectivity index (χ1n) is 18.9. The van der Waals surface area contributed by atoms with Crippen LogP contribution in [0.25, 0.3) is 11.1 Å². The number of halogens is 2. The number of carbonyl (C=O) groups is 7. The normalized spacial score (nSPS) is 13.8. The monoisotopic (exact) mass is 875 g/mol. The molecule has 18 nitrogen and oxygen atoms in total. The number of thioether (sulfide) groups is 1. The Morgan fingerprint density at radius 1 is 0.885 bits per heavy atom. The third-order valence-electron chi connectivity index (χ3n) is 9.24. The van der Waals surface area contributed by atoms with E-state index in [0.717, 1.165) is 23.8 Å². The molecule has 0 aliphatic heterocycles. The molecule has 2 aromatic carbocycles. The van der Waals surface area contributed by atoms with Crippen molar-refractivity contribution in [3.05, 3.63) is 83.7 Å². The van der Waals surface area contributed by atoms with E-state index in [1.807, 2.05) is 51.1 Å². The number of nitrogens with zero attached hydrogens (tertiary/aromatic N) is 2. The van der Waals surface area contributed by atoms with Crippen LogP contribution in [0.2, 0.25) is 0 Å². The maximum absolute atomic E-state index is 15.1. The summed E-state index contributed by atoms with van der Waals surface area (Å²) in [5.74, 6) is -9.48. The number of nitrogens with one attached hydrogen (secondary N) is 3. The molecular formula is C40H51F2N7O11S. The quantitative estimate of drug-likeness (QED) is 0.0640. The summed E-state index contributed by atoms with van der Waals surface area (Å²) in [5, 5.41) is 43.3. The molecule has 0 saturated heterocycles. The van der Waals surface area contributed by atoms with Crippen LogP contribution in [-0.2, 0) is 40.1 Å². The Balaban J connectivity index is 1.76. The van der Waals surface area contributed by atoms with Crippen LogP contribution in [0, 0.1) is 17.0 Å². The highest BCUT2D eigenvalue weighted by Crippen LogP contribution is 2.41. The first-order chi connectivity index (χ1) is 28.6. The molecule has 0 radical (unpaired) electrons. The molecule has 332 valence electrons. The van der Waals surface area contributed by atoms with Crippen molar-refractivity contribution < 1.29 is 62.8 Å². The lowest BCUT2D eigenvalue weighted by Gasteiger charge is -2.41. The molecular weight excluding hydrogens is 825 g/mol. The van der Waals surface area contributed by atoms with Gasteiger partial charge in [-0.15, -0.1) is 11.8 Å². The van der Waals surface area contributed by atoms with Gasteiger partial charge in [-0.05, 0) is 41.7 Å². The van der Waals surface area contributed by atoms with E-state index in [9.17, 15) is 48.2 Å². The summed E-state index contributed by atoms with van der Waals surface area (Å²) in [6.45, 7) is 3.18. The minimum atomic E-state index is -1.72. The molecule has 3 rings (SSSR count). The average molecular weight is 876 g/mol. The van der Waals surface area contributed by atoms with E-state index < -0.39 is 114 Å². The second-order valence-electron chi connectivity index (χ2n) is 15.1. The fraction of sp³-hybridized carbons (Fsp3) is 0.425. The number of hydrogen-bond acceptors (Lipinski definition) is 11. The number of carboxylic acid groups (broad SMARTS) is 3. The molecule has 5 atom stereocenters. The van der Waals surface area contributed by atoms with Gasteiger partial charge in [0, 0.05) is 48.4 Å². The second-order valence-corrected chi connectivity index (χ2v) is 16.3. The number of hydrogen-bond donors (Lipinski definition) is 9. The molecule has 1 heterocycles. The summed E-state index contributed by atoms with van der Waals surface area (Å²) in [6, 6.07) is 8.55. The number of amides is 4. The van der Waals surface area contributed by atoms with E-state index in [1.54, 1.807) is 16.8 Å². The van der Waals surface area contributed by atoms with Gasteiger partial charge in [0.15, 0.2) is 0 Å². The first kappa shape index (κ1) is 49.5. The smallest absolute Gasteiger partial charge is 0.328 e. The molecule has 21 heteroatoms. The van der Waals surface area contributed by atoms with Gasteiger partial charge in [-0.3, -0.25) is 28.8 Å². The predicted molar refractivity (Wildman–Crippen MR) is 219 cm³/mol. The number of aliphatic carboxylic acids is 3. The summed E-state index contributed by atoms with van der Waals surface area (Å²) < 4.78 is 31.2. The molecule has 0 spiro atoms. The number of benzene rings is 2. The van der Waals surface area contributed by atoms with E-state index in [-0.39, 0.29) is 30.8 Å². The van der Waals surface area contributed by atoms with Crippen LogP contribution in [0.5, 0.6) is 0 Å². The molecule has 0 saturated carbocycles. The SMILES string of the molecule is CC(C)(C)C(c1cc(-c2cc(F)ccc2F)cn1Cc1ccccc1)N(CCC(N)C(=O)NC(CNC(=O)CNC(=O)C(CC(=O)O)SCC(N)C(=O)O)C(=O)O)C(=O)CO. The Kier molecular flexibility index (Phi) is 18.4. The maximum Gasteiger partial charge on any atom is 0.328 e. The summed E-state index contributed by atoms with van der Waals surface area (Å²) in [6.07, 6.45) is 0.683. The molecule has 4 amide bonds. The van der Waals surface area contributed by atoms with Gasteiger partial charge >= 0.3 is 17.9 Å². The van der Waals surface area contributed by atoms with Crippen molar-refractivity contribution in [1.29, 1.82) is 0 Å². The zero-order chi connectivity index (χ0) is 45.6. The Labute approximate surface area is 354 Å². The topological polar surface area (TPSA) is 297 Å². The highest BCUT2D eigenvalue weighted by Gasteiger charge is 2.38. The predicted octanol–water partition coefficient (Wildman–Crippen LogP) is 0.897. The fourth-order valence-electron chi connectivity index (χ4n) is 6.23. The summed E-state index contributed by atoms with van der Waals surface area (Å²) in [7, 11) is 0. The largest absolute Gasteiger partial charge is 0.481 e. The Morgan fingerprint density at radius 3 is 2.15 bits per heavy atom. The second kappa shape index (κ2) is 22.6. The van der Waals surface area contributed by atoms with Gasteiger partial charge < -0.3 is 57.3 Å². The van der Waals surface area contributed by atoms with Crippen LogP contribution in [0.4, 0.5) is 8.78 Å². The lowest BCUT2D eigenvalue weighted by Crippen LogP contribution is -2.54. The van der Waals surface area contributed by atoms with Crippen molar-refractivity contribution in [2.75, 3.05) is 32.0 Å². The Morgan fingerprint density at radius 2 is 1.56 bits per heavy atom. The molecule has 5 unspecified atom stereocenters. The van der Waals surface area contributed by atoms with Crippen LogP contribution in [0.3, 0.4) is 0 Å². The average Bonchev–Trinajstić information content (AvgIpc) is 3.60. The van der Waals surface area contributed by atoms with E-state index >= 15 is 4.39 Å². The van der Waals surface area contributed by atoms with Crippen LogP contribution < -0.4 is 27.4 Å². The van der Waals surface area contributed by atoms with Gasteiger partial charge in [0.25, 0.3) is 0 Å². The summed E-state index contributed by atoms with van der Waals surface area (Å²) in [4.78, 5) is 87.3. The molecule has 0 fully saturated rings. The lowest BCUT2D eigenvalue weighted by atomic mass is 9.82. The summed E-state index contributed by atoms with van der Waals surface area (Å²) in [5.41, 5.74) is 12.5. The van der Waals surface area contributed by atoms with E-state index in [4.69, 9.17) is 21.7 Å². The highest BCUT2D eigenvalue weighted by molar-refractivity contribution is 8.00. The molecule has 0 aliphatic rings. The third-order valence-corrected chi connectivity index (χ3v) is 10.6. The zero-order valence-corrected chi connectivity index (χ0v) is 34.5. The molecule has 61 heavy (non-hydrogen) atoms. The van der Waals surface area contributed by atoms with E-state index in [0.29, 0.717) is 23.0 Å². The standard InChI is InChI=1S/C40H51F2N7O11S/c1-40(2,3)35(30-13-23(25-14-24(41)9-10-26(25)42)19-48(30)18-22-7-5-4-6-8-22)49(33(52)20-50)12-11-27(43)36(55)47-29(39(59)60)16-45-32(51)17-46-37(56)31(15-34(53)54)61-21-28(44)38(57)58/h4-10,13-14,19,27-29,31,35,50H,11-12,15-18,20-21,43-44H2,1-3H3,(H,45,51)(H,46,56)(H,47,55)(H,53,54)(H,57,58)(H,59,60). The highest BCUT2D eigenvalue weighted by atomic mass is 32.2. The van der Waals surface area contributed by atoms with Gasteiger partial charge in [0.1, 0.15) is 30.3 Å². The van der Waals surface area contributed by atoms with Crippen molar-refractivity contribution in [2.45, 2.75) is 69.6 Å². The van der Waals surface area contributed by atoms with Gasteiger partial charge in [0.2, 0.25) is 23.6 Å². The molecule has 11 N–H and O–H groups in total. The van der Waals surface area contributed by atoms with E-state index in [2.05, 4.69) is 16.0 Å². The fourth-order valence-corrected chi connectivity index (χ4v) is 7.30. The van der Waals surface area contributed by atoms with Gasteiger partial charge in [-0.1, -0.05) is 51.1 Å². The lowest BCUT2D eigenvalue weighted by molar-refractivity contribution is -0.142. The van der Waals surface area contributed by atoms with Crippen molar-refractivity contribution in [3.8, 4) is 11.1 Å². The molecule has 0 aliphatic carbocycles. The molecule has 0 bridgehead atoms. The maximum atomic E-state index is 15.1. The van der Waals surface area contributed by atoms with Crippen LogP contribution in [0.15, 0.2) is 60.8 Å². The third kappa shape index (κ3) is 15.0.